The number of carbonyl (C=O) groups is 2. The lowest BCUT2D eigenvalue weighted by molar-refractivity contribution is -0.218. The van der Waals surface area contributed by atoms with E-state index in [4.69, 9.17) is 13.5 Å². The number of ether oxygens (including phenoxy) is 2. The van der Waals surface area contributed by atoms with Gasteiger partial charge in [0, 0.05) is 11.8 Å². The molecular weight excluding hydrogens is 533 g/mol. The summed E-state index contributed by atoms with van der Waals surface area (Å²) in [6.45, 7) is 5.22. The molecule has 0 spiro atoms. The second kappa shape index (κ2) is 8.67. The van der Waals surface area contributed by atoms with Crippen LogP contribution in [0, 0.1) is 38.5 Å². The average molecular weight is 557 g/mol. The molecule has 3 aliphatic rings. The fourth-order valence-corrected chi connectivity index (χ4v) is 8.19. The first kappa shape index (κ1) is 26.8. The number of hydrogen-bond donors (Lipinski definition) is 1. The number of benzene rings is 1. The second-order valence-electron chi connectivity index (χ2n) is 9.45. The zero-order valence-corrected chi connectivity index (χ0v) is 20.8. The monoisotopic (exact) mass is 556 g/mol. The number of carbonyl (C=O) groups excluding carboxylic acids is 2. The first-order chi connectivity index (χ1) is 16.4. The summed E-state index contributed by atoms with van der Waals surface area (Å²) in [7, 11) is -9.63. The Hall–Kier alpha value is -2.23. The Morgan fingerprint density at radius 2 is 1.83 bits per heavy atom. The van der Waals surface area contributed by atoms with E-state index in [9.17, 15) is 39.6 Å². The molecule has 0 radical (unpaired) electrons. The Balaban J connectivity index is 1.63. The highest BCUT2D eigenvalue weighted by Gasteiger charge is 2.72. The molecule has 2 aliphatic carbocycles. The number of hydrogen-bond acceptors (Lipinski definition) is 9. The summed E-state index contributed by atoms with van der Waals surface area (Å²) >= 11 is 0. The molecular formula is C21H23F3O10S2. The molecule has 1 aliphatic heterocycles. The fourth-order valence-electron chi connectivity index (χ4n) is 5.50. The molecule has 2 saturated carbocycles. The van der Waals surface area contributed by atoms with Crippen molar-refractivity contribution >= 4 is 32.2 Å². The summed E-state index contributed by atoms with van der Waals surface area (Å²) in [5, 5.41) is -1.53. The van der Waals surface area contributed by atoms with Gasteiger partial charge in [-0.25, -0.2) is 4.79 Å². The lowest BCUT2D eigenvalue weighted by Gasteiger charge is -2.31. The molecule has 7 atom stereocenters. The van der Waals surface area contributed by atoms with Gasteiger partial charge in [-0.3, -0.25) is 13.5 Å². The van der Waals surface area contributed by atoms with Gasteiger partial charge >= 0.3 is 18.1 Å². The largest absolute Gasteiger partial charge is 0.456 e. The van der Waals surface area contributed by atoms with Crippen LogP contribution >= 0.6 is 0 Å². The van der Waals surface area contributed by atoms with Gasteiger partial charge in [0.25, 0.3) is 20.2 Å². The van der Waals surface area contributed by atoms with E-state index in [1.165, 1.54) is 0 Å². The number of halogens is 3. The minimum atomic E-state index is -5.36. The molecule has 3 fully saturated rings. The number of fused-ring (bicyclic) bond motifs is 1. The maximum atomic E-state index is 13.3. The third-order valence-electron chi connectivity index (χ3n) is 7.06. The molecule has 200 valence electrons. The molecule has 0 aromatic heterocycles. The van der Waals surface area contributed by atoms with Crippen LogP contribution in [0.4, 0.5) is 13.2 Å². The van der Waals surface area contributed by atoms with E-state index in [0.29, 0.717) is 5.56 Å². The normalized spacial score (nSPS) is 31.3. The van der Waals surface area contributed by atoms with Crippen LogP contribution in [0.2, 0.25) is 0 Å². The van der Waals surface area contributed by atoms with Crippen molar-refractivity contribution in [3.05, 3.63) is 34.4 Å². The highest BCUT2D eigenvalue weighted by molar-refractivity contribution is 7.87. The summed E-state index contributed by atoms with van der Waals surface area (Å²) in [6, 6.07) is 3.42. The molecule has 0 amide bonds. The second-order valence-corrected chi connectivity index (χ2v) is 12.7. The van der Waals surface area contributed by atoms with Crippen LogP contribution in [-0.4, -0.2) is 68.8 Å². The highest BCUT2D eigenvalue weighted by atomic mass is 32.2. The number of alkyl halides is 3. The van der Waals surface area contributed by atoms with Crippen LogP contribution in [0.15, 0.2) is 12.1 Å². The summed E-state index contributed by atoms with van der Waals surface area (Å²) in [4.78, 5) is 25.8. The minimum absolute atomic E-state index is 0.00703. The van der Waals surface area contributed by atoms with Crippen LogP contribution in [0.3, 0.4) is 0 Å². The van der Waals surface area contributed by atoms with Gasteiger partial charge in [0.15, 0.2) is 0 Å². The van der Waals surface area contributed by atoms with Gasteiger partial charge < -0.3 is 9.47 Å². The third kappa shape index (κ3) is 4.73. The van der Waals surface area contributed by atoms with Gasteiger partial charge in [0.1, 0.15) is 23.2 Å². The first-order valence-electron chi connectivity index (χ1n) is 10.8. The van der Waals surface area contributed by atoms with E-state index in [1.54, 1.807) is 26.8 Å². The van der Waals surface area contributed by atoms with Crippen molar-refractivity contribution in [1.29, 1.82) is 0 Å². The standard InChI is InChI=1S/C21H23F3O10S2/c1-8-4-9(2)10(3)11(5-8)19(25)33-16-12-6-13-17(16)34-36(30,31)18(13)15(12)20(26)32-14(21(22,23)24)7-35(27,28)29/h4-5,12-18H,6-7H2,1-3H3,(H,27,28,29). The Morgan fingerprint density at radius 3 is 2.42 bits per heavy atom. The average Bonchev–Trinajstić information content (AvgIpc) is 3.31. The topological polar surface area (TPSA) is 150 Å². The van der Waals surface area contributed by atoms with Gasteiger partial charge in [-0.05, 0) is 49.9 Å². The van der Waals surface area contributed by atoms with Crippen LogP contribution in [0.1, 0.15) is 33.5 Å². The van der Waals surface area contributed by atoms with E-state index >= 15 is 0 Å². The predicted molar refractivity (Wildman–Crippen MR) is 115 cm³/mol. The van der Waals surface area contributed by atoms with Gasteiger partial charge in [0.05, 0.1) is 11.5 Å². The quantitative estimate of drug-likeness (QED) is 0.312. The van der Waals surface area contributed by atoms with Gasteiger partial charge in [-0.2, -0.15) is 30.0 Å². The van der Waals surface area contributed by atoms with Crippen molar-refractivity contribution in [2.24, 2.45) is 17.8 Å². The zero-order chi connectivity index (χ0) is 27.0. The fraction of sp³-hybridized carbons (Fsp3) is 0.619. The molecule has 1 aromatic rings. The van der Waals surface area contributed by atoms with E-state index < -0.39 is 85.4 Å². The van der Waals surface area contributed by atoms with Crippen LogP contribution in [-0.2, 0) is 38.7 Å². The van der Waals surface area contributed by atoms with Gasteiger partial charge in [0.2, 0.25) is 6.10 Å². The van der Waals surface area contributed by atoms with E-state index in [2.05, 4.69) is 4.74 Å². The van der Waals surface area contributed by atoms with Crippen LogP contribution in [0.25, 0.3) is 0 Å². The van der Waals surface area contributed by atoms with Crippen molar-refractivity contribution in [2.75, 3.05) is 5.75 Å². The number of rotatable bonds is 6. The molecule has 1 heterocycles. The Morgan fingerprint density at radius 1 is 1.19 bits per heavy atom. The molecule has 1 N–H and O–H groups in total. The molecule has 2 bridgehead atoms. The van der Waals surface area contributed by atoms with Crippen molar-refractivity contribution in [3.63, 3.8) is 0 Å². The third-order valence-corrected chi connectivity index (χ3v) is 9.58. The minimum Gasteiger partial charge on any atom is -0.456 e. The summed E-state index contributed by atoms with van der Waals surface area (Å²) in [5.41, 5.74) is 2.38. The van der Waals surface area contributed by atoms with Gasteiger partial charge in [-0.15, -0.1) is 0 Å². The molecule has 1 saturated heterocycles. The Labute approximate surface area is 205 Å². The smallest absolute Gasteiger partial charge is 0.426 e. The van der Waals surface area contributed by atoms with E-state index in [-0.39, 0.29) is 12.0 Å². The van der Waals surface area contributed by atoms with Crippen molar-refractivity contribution in [3.8, 4) is 0 Å². The maximum Gasteiger partial charge on any atom is 0.426 e. The number of aryl methyl sites for hydroxylation is 2. The molecule has 1 aromatic carbocycles. The lowest BCUT2D eigenvalue weighted by Crippen LogP contribution is -2.48. The molecule has 4 rings (SSSR count). The summed E-state index contributed by atoms with van der Waals surface area (Å²) < 4.78 is 111. The predicted octanol–water partition coefficient (Wildman–Crippen LogP) is 1.86. The Kier molecular flexibility index (Phi) is 6.46. The molecule has 36 heavy (non-hydrogen) atoms. The van der Waals surface area contributed by atoms with E-state index in [1.807, 2.05) is 6.07 Å². The Bertz CT molecular complexity index is 1320. The maximum absolute atomic E-state index is 13.3. The van der Waals surface area contributed by atoms with Crippen LogP contribution in [0.5, 0.6) is 0 Å². The van der Waals surface area contributed by atoms with Crippen molar-refractivity contribution in [2.45, 2.75) is 56.9 Å². The molecule has 7 unspecified atom stereocenters. The summed E-state index contributed by atoms with van der Waals surface area (Å²) in [6.07, 6.45) is -10.9. The van der Waals surface area contributed by atoms with Crippen molar-refractivity contribution < 1.29 is 57.8 Å². The SMILES string of the molecule is Cc1cc(C)c(C)c(C(=O)OC2C3CC4C2OS(=O)(=O)C4C3C(=O)OC(CS(=O)(=O)O)C(F)(F)F)c1. The van der Waals surface area contributed by atoms with Gasteiger partial charge in [-0.1, -0.05) is 6.07 Å². The summed E-state index contributed by atoms with van der Waals surface area (Å²) in [5.74, 6) is -7.96. The van der Waals surface area contributed by atoms with Crippen LogP contribution < -0.4 is 0 Å². The van der Waals surface area contributed by atoms with E-state index in [0.717, 1.165) is 11.1 Å². The lowest BCUT2D eigenvalue weighted by atomic mass is 9.84. The molecule has 10 nitrogen and oxygen atoms in total. The zero-order valence-electron chi connectivity index (χ0n) is 19.2. The number of esters is 2. The highest BCUT2D eigenvalue weighted by Crippen LogP contribution is 2.59. The molecule has 15 heteroatoms. The first-order valence-corrected chi connectivity index (χ1v) is 13.9. The van der Waals surface area contributed by atoms with Crippen molar-refractivity contribution in [1.82, 2.24) is 0 Å².